The second-order valence-electron chi connectivity index (χ2n) is 4.83. The van der Waals surface area contributed by atoms with Crippen LogP contribution in [0.25, 0.3) is 0 Å². The Bertz CT molecular complexity index is 464. The molecule has 0 N–H and O–H groups in total. The fourth-order valence-corrected chi connectivity index (χ4v) is 3.79. The molecular weight excluding hydrogens is 264 g/mol. The average Bonchev–Trinajstić information content (AvgIpc) is 2.90. The Balaban J connectivity index is 1.76. The number of piperazine rings is 1. The van der Waals surface area contributed by atoms with Crippen molar-refractivity contribution >= 4 is 10.0 Å². The average molecular weight is 286 g/mol. The van der Waals surface area contributed by atoms with Crippen molar-refractivity contribution in [2.24, 2.45) is 0 Å². The first kappa shape index (κ1) is 14.5. The highest BCUT2D eigenvalue weighted by molar-refractivity contribution is 7.89. The van der Waals surface area contributed by atoms with Crippen LogP contribution in [0, 0.1) is 0 Å². The van der Waals surface area contributed by atoms with Gasteiger partial charge in [-0.2, -0.15) is 9.40 Å². The van der Waals surface area contributed by atoms with Gasteiger partial charge >= 0.3 is 0 Å². The van der Waals surface area contributed by atoms with Crippen LogP contribution < -0.4 is 0 Å². The van der Waals surface area contributed by atoms with Crippen molar-refractivity contribution in [1.82, 2.24) is 19.0 Å². The summed E-state index contributed by atoms with van der Waals surface area (Å²) in [6.07, 6.45) is 4.40. The molecule has 0 aliphatic carbocycles. The molecule has 1 aromatic rings. The SMILES string of the molecule is CCCS(=O)(=O)N1CCN(CCn2cccn2)CC1. The zero-order valence-corrected chi connectivity index (χ0v) is 12.2. The van der Waals surface area contributed by atoms with Gasteiger partial charge in [0.05, 0.1) is 12.3 Å². The maximum Gasteiger partial charge on any atom is 0.214 e. The van der Waals surface area contributed by atoms with Crippen LogP contribution in [0.2, 0.25) is 0 Å². The normalized spacial score (nSPS) is 18.8. The van der Waals surface area contributed by atoms with Crippen molar-refractivity contribution in [2.45, 2.75) is 19.9 Å². The molecule has 0 spiro atoms. The zero-order valence-electron chi connectivity index (χ0n) is 11.4. The predicted molar refractivity (Wildman–Crippen MR) is 74.3 cm³/mol. The highest BCUT2D eigenvalue weighted by Crippen LogP contribution is 2.09. The first-order chi connectivity index (χ1) is 9.12. The Morgan fingerprint density at radius 1 is 1.16 bits per heavy atom. The van der Waals surface area contributed by atoms with Crippen molar-refractivity contribution in [3.8, 4) is 0 Å². The Kier molecular flexibility index (Phi) is 4.95. The number of sulfonamides is 1. The standard InChI is InChI=1S/C12H22N4O2S/c1-2-12-19(17,18)16-10-7-14(8-11-16)6-9-15-5-3-4-13-15/h3-5H,2,6-12H2,1H3. The van der Waals surface area contributed by atoms with E-state index in [4.69, 9.17) is 0 Å². The lowest BCUT2D eigenvalue weighted by molar-refractivity contribution is 0.181. The van der Waals surface area contributed by atoms with Crippen LogP contribution in [0.15, 0.2) is 18.5 Å². The second kappa shape index (κ2) is 6.49. The molecule has 0 atom stereocenters. The number of aromatic nitrogens is 2. The van der Waals surface area contributed by atoms with E-state index >= 15 is 0 Å². The minimum Gasteiger partial charge on any atom is -0.299 e. The van der Waals surface area contributed by atoms with Gasteiger partial charge < -0.3 is 0 Å². The van der Waals surface area contributed by atoms with E-state index in [1.54, 1.807) is 10.5 Å². The molecule has 0 unspecified atom stereocenters. The van der Waals surface area contributed by atoms with Crippen LogP contribution in [0.5, 0.6) is 0 Å². The van der Waals surface area contributed by atoms with Gasteiger partial charge in [0, 0.05) is 45.1 Å². The molecule has 0 radical (unpaired) electrons. The van der Waals surface area contributed by atoms with E-state index in [1.807, 2.05) is 23.9 Å². The summed E-state index contributed by atoms with van der Waals surface area (Å²) in [6.45, 7) is 6.52. The van der Waals surface area contributed by atoms with Crippen molar-refractivity contribution in [2.75, 3.05) is 38.5 Å². The first-order valence-corrected chi connectivity index (χ1v) is 8.40. The summed E-state index contributed by atoms with van der Waals surface area (Å²) >= 11 is 0. The summed E-state index contributed by atoms with van der Waals surface area (Å²) in [5.74, 6) is 0.264. The molecule has 1 aliphatic rings. The molecule has 19 heavy (non-hydrogen) atoms. The van der Waals surface area contributed by atoms with Gasteiger partial charge in [-0.1, -0.05) is 6.92 Å². The number of nitrogens with zero attached hydrogens (tertiary/aromatic N) is 4. The third-order valence-corrected chi connectivity index (χ3v) is 5.47. The largest absolute Gasteiger partial charge is 0.299 e. The monoisotopic (exact) mass is 286 g/mol. The summed E-state index contributed by atoms with van der Waals surface area (Å²) in [7, 11) is -3.03. The minimum absolute atomic E-state index is 0.264. The van der Waals surface area contributed by atoms with Gasteiger partial charge in [-0.05, 0) is 12.5 Å². The fourth-order valence-electron chi connectivity index (χ4n) is 2.29. The maximum absolute atomic E-state index is 11.9. The van der Waals surface area contributed by atoms with E-state index in [0.717, 1.165) is 26.2 Å². The highest BCUT2D eigenvalue weighted by Gasteiger charge is 2.25. The van der Waals surface area contributed by atoms with Crippen LogP contribution >= 0.6 is 0 Å². The zero-order chi connectivity index (χ0) is 13.7. The van der Waals surface area contributed by atoms with Gasteiger partial charge in [-0.3, -0.25) is 9.58 Å². The van der Waals surface area contributed by atoms with Gasteiger partial charge in [0.1, 0.15) is 0 Å². The molecule has 0 aromatic carbocycles. The molecule has 2 heterocycles. The highest BCUT2D eigenvalue weighted by atomic mass is 32.2. The second-order valence-corrected chi connectivity index (χ2v) is 6.91. The lowest BCUT2D eigenvalue weighted by Gasteiger charge is -2.33. The molecule has 0 saturated carbocycles. The minimum atomic E-state index is -3.03. The lowest BCUT2D eigenvalue weighted by Crippen LogP contribution is -2.49. The first-order valence-electron chi connectivity index (χ1n) is 6.79. The summed E-state index contributed by atoms with van der Waals surface area (Å²) in [6, 6.07) is 1.91. The van der Waals surface area contributed by atoms with Crippen molar-refractivity contribution in [3.05, 3.63) is 18.5 Å². The van der Waals surface area contributed by atoms with E-state index in [1.165, 1.54) is 0 Å². The number of hydrogen-bond acceptors (Lipinski definition) is 4. The quantitative estimate of drug-likeness (QED) is 0.752. The Morgan fingerprint density at radius 3 is 2.47 bits per heavy atom. The molecule has 108 valence electrons. The van der Waals surface area contributed by atoms with Crippen molar-refractivity contribution < 1.29 is 8.42 Å². The van der Waals surface area contributed by atoms with E-state index in [9.17, 15) is 8.42 Å². The predicted octanol–water partition coefficient (Wildman–Crippen LogP) is 0.241. The molecule has 0 amide bonds. The van der Waals surface area contributed by atoms with Crippen LogP contribution in [0.1, 0.15) is 13.3 Å². The number of hydrogen-bond donors (Lipinski definition) is 0. The van der Waals surface area contributed by atoms with E-state index in [0.29, 0.717) is 19.5 Å². The van der Waals surface area contributed by atoms with Crippen LogP contribution in [0.4, 0.5) is 0 Å². The molecule has 1 aromatic heterocycles. The molecule has 1 fully saturated rings. The van der Waals surface area contributed by atoms with Crippen LogP contribution in [-0.4, -0.2) is 65.9 Å². The fraction of sp³-hybridized carbons (Fsp3) is 0.750. The molecule has 6 nitrogen and oxygen atoms in total. The smallest absolute Gasteiger partial charge is 0.214 e. The molecule has 2 rings (SSSR count). The van der Waals surface area contributed by atoms with Gasteiger partial charge in [0.2, 0.25) is 10.0 Å². The van der Waals surface area contributed by atoms with Crippen LogP contribution in [0.3, 0.4) is 0 Å². The summed E-state index contributed by atoms with van der Waals surface area (Å²) < 4.78 is 27.4. The van der Waals surface area contributed by atoms with Gasteiger partial charge in [-0.15, -0.1) is 0 Å². The third-order valence-electron chi connectivity index (χ3n) is 3.39. The summed E-state index contributed by atoms with van der Waals surface area (Å²) in [5, 5.41) is 4.16. The van der Waals surface area contributed by atoms with E-state index in [-0.39, 0.29) is 5.75 Å². The number of rotatable bonds is 6. The van der Waals surface area contributed by atoms with E-state index in [2.05, 4.69) is 10.00 Å². The van der Waals surface area contributed by atoms with Gasteiger partial charge in [-0.25, -0.2) is 8.42 Å². The molecule has 7 heteroatoms. The molecule has 1 saturated heterocycles. The maximum atomic E-state index is 11.9. The van der Waals surface area contributed by atoms with Gasteiger partial charge in [0.25, 0.3) is 0 Å². The summed E-state index contributed by atoms with van der Waals surface area (Å²) in [4.78, 5) is 2.29. The molecule has 0 bridgehead atoms. The third kappa shape index (κ3) is 4.02. The lowest BCUT2D eigenvalue weighted by atomic mass is 10.3. The van der Waals surface area contributed by atoms with E-state index < -0.39 is 10.0 Å². The Morgan fingerprint density at radius 2 is 1.89 bits per heavy atom. The molecular formula is C12H22N4O2S. The van der Waals surface area contributed by atoms with Gasteiger partial charge in [0.15, 0.2) is 0 Å². The summed E-state index contributed by atoms with van der Waals surface area (Å²) in [5.41, 5.74) is 0. The topological polar surface area (TPSA) is 58.4 Å². The van der Waals surface area contributed by atoms with Crippen molar-refractivity contribution in [3.63, 3.8) is 0 Å². The van der Waals surface area contributed by atoms with Crippen molar-refractivity contribution in [1.29, 1.82) is 0 Å². The Labute approximate surface area is 115 Å². The molecule has 1 aliphatic heterocycles. The van der Waals surface area contributed by atoms with Crippen LogP contribution in [-0.2, 0) is 16.6 Å². The Hall–Kier alpha value is -0.920.